The quantitative estimate of drug-likeness (QED) is 0.686. The summed E-state index contributed by atoms with van der Waals surface area (Å²) in [5, 5.41) is 2.88. The Bertz CT molecular complexity index is 230. The van der Waals surface area contributed by atoms with Gasteiger partial charge in [0.1, 0.15) is 0 Å². The van der Waals surface area contributed by atoms with Crippen LogP contribution in [0, 0.1) is 17.8 Å². The molecule has 0 aromatic rings. The van der Waals surface area contributed by atoms with Crippen molar-refractivity contribution in [2.45, 2.75) is 25.6 Å². The van der Waals surface area contributed by atoms with E-state index in [0.717, 1.165) is 24.7 Å². The van der Waals surface area contributed by atoms with Crippen LogP contribution in [0.4, 0.5) is 0 Å². The van der Waals surface area contributed by atoms with Crippen molar-refractivity contribution in [1.29, 1.82) is 0 Å². The highest BCUT2D eigenvalue weighted by molar-refractivity contribution is 5.79. The third kappa shape index (κ3) is 2.49. The molecule has 2 aliphatic carbocycles. The summed E-state index contributed by atoms with van der Waals surface area (Å²) in [6.07, 6.45) is 3.19. The molecule has 0 aromatic carbocycles. The van der Waals surface area contributed by atoms with Crippen LogP contribution in [0.3, 0.4) is 0 Å². The summed E-state index contributed by atoms with van der Waals surface area (Å²) >= 11 is 0. The molecule has 2 unspecified atom stereocenters. The molecule has 4 heteroatoms. The van der Waals surface area contributed by atoms with E-state index in [2.05, 4.69) is 5.32 Å². The van der Waals surface area contributed by atoms with Gasteiger partial charge in [-0.05, 0) is 31.1 Å². The molecule has 1 N–H and O–H groups in total. The molecule has 2 rings (SSSR count). The number of amides is 1. The Labute approximate surface area is 90.3 Å². The van der Waals surface area contributed by atoms with Gasteiger partial charge in [-0.1, -0.05) is 0 Å². The molecule has 15 heavy (non-hydrogen) atoms. The predicted molar refractivity (Wildman–Crippen MR) is 55.1 cm³/mol. The van der Waals surface area contributed by atoms with Crippen LogP contribution in [0.5, 0.6) is 0 Å². The minimum atomic E-state index is -0.329. The lowest BCUT2D eigenvalue weighted by molar-refractivity contribution is -0.131. The second-order valence-electron chi connectivity index (χ2n) is 4.57. The van der Waals surface area contributed by atoms with Gasteiger partial charge in [0, 0.05) is 20.1 Å². The summed E-state index contributed by atoms with van der Waals surface area (Å²) in [5.74, 6) is 2.10. The van der Waals surface area contributed by atoms with Gasteiger partial charge in [-0.15, -0.1) is 0 Å². The van der Waals surface area contributed by atoms with Crippen LogP contribution in [-0.4, -0.2) is 33.0 Å². The van der Waals surface area contributed by atoms with Crippen LogP contribution < -0.4 is 5.32 Å². The lowest BCUT2D eigenvalue weighted by Gasteiger charge is -2.16. The zero-order valence-corrected chi connectivity index (χ0v) is 9.36. The lowest BCUT2D eigenvalue weighted by Crippen LogP contribution is -2.37. The van der Waals surface area contributed by atoms with Gasteiger partial charge in [-0.3, -0.25) is 4.79 Å². The molecule has 0 aliphatic heterocycles. The van der Waals surface area contributed by atoms with Gasteiger partial charge >= 0.3 is 0 Å². The summed E-state index contributed by atoms with van der Waals surface area (Å²) in [6.45, 7) is 0.442. The molecular weight excluding hydrogens is 194 g/mol. The highest BCUT2D eigenvalue weighted by Gasteiger charge is 2.47. The molecule has 0 aromatic heterocycles. The van der Waals surface area contributed by atoms with Crippen molar-refractivity contribution in [2.24, 2.45) is 17.8 Å². The molecule has 0 heterocycles. The fraction of sp³-hybridized carbons (Fsp3) is 0.909. The molecule has 0 spiro atoms. The second-order valence-corrected chi connectivity index (χ2v) is 4.57. The van der Waals surface area contributed by atoms with E-state index in [0.29, 0.717) is 6.54 Å². The van der Waals surface area contributed by atoms with Crippen molar-refractivity contribution >= 4 is 5.91 Å². The second kappa shape index (κ2) is 4.49. The van der Waals surface area contributed by atoms with E-state index in [1.807, 2.05) is 0 Å². The number of hydrogen-bond donors (Lipinski definition) is 1. The standard InChI is InChI=1S/C11H19NO3/c1-14-10(15-2)6-12-11(13)9-4-7-3-8(7)5-9/h7-10H,3-6H2,1-2H3,(H,12,13). The zero-order valence-electron chi connectivity index (χ0n) is 9.36. The fourth-order valence-electron chi connectivity index (χ4n) is 2.52. The largest absolute Gasteiger partial charge is 0.354 e. The number of hydrogen-bond acceptors (Lipinski definition) is 3. The van der Waals surface area contributed by atoms with Crippen molar-refractivity contribution in [2.75, 3.05) is 20.8 Å². The van der Waals surface area contributed by atoms with E-state index in [9.17, 15) is 4.79 Å². The highest BCUT2D eigenvalue weighted by atomic mass is 16.7. The number of carbonyl (C=O) groups is 1. The third-order valence-corrected chi connectivity index (χ3v) is 3.58. The summed E-state index contributed by atoms with van der Waals surface area (Å²) in [6, 6.07) is 0. The van der Waals surface area contributed by atoms with Crippen LogP contribution in [-0.2, 0) is 14.3 Å². The summed E-state index contributed by atoms with van der Waals surface area (Å²) in [5.41, 5.74) is 0. The van der Waals surface area contributed by atoms with Gasteiger partial charge in [-0.2, -0.15) is 0 Å². The van der Waals surface area contributed by atoms with Crippen molar-refractivity contribution in [3.05, 3.63) is 0 Å². The highest BCUT2D eigenvalue weighted by Crippen LogP contribution is 2.54. The first kappa shape index (κ1) is 10.9. The van der Waals surface area contributed by atoms with E-state index in [1.54, 1.807) is 14.2 Å². The van der Waals surface area contributed by atoms with E-state index >= 15 is 0 Å². The first-order valence-corrected chi connectivity index (χ1v) is 5.58. The summed E-state index contributed by atoms with van der Waals surface area (Å²) < 4.78 is 10.0. The number of fused-ring (bicyclic) bond motifs is 1. The minimum Gasteiger partial charge on any atom is -0.354 e. The minimum absolute atomic E-state index is 0.168. The van der Waals surface area contributed by atoms with Crippen molar-refractivity contribution < 1.29 is 14.3 Å². The number of methoxy groups -OCH3 is 2. The average molecular weight is 213 g/mol. The number of nitrogens with one attached hydrogen (secondary N) is 1. The van der Waals surface area contributed by atoms with Gasteiger partial charge in [0.15, 0.2) is 6.29 Å². The maximum Gasteiger partial charge on any atom is 0.223 e. The molecule has 0 saturated heterocycles. The Morgan fingerprint density at radius 1 is 1.27 bits per heavy atom. The van der Waals surface area contributed by atoms with E-state index in [4.69, 9.17) is 9.47 Å². The third-order valence-electron chi connectivity index (χ3n) is 3.58. The molecule has 2 fully saturated rings. The number of ether oxygens (including phenoxy) is 2. The molecule has 4 nitrogen and oxygen atoms in total. The molecule has 0 radical (unpaired) electrons. The van der Waals surface area contributed by atoms with Gasteiger partial charge in [0.25, 0.3) is 0 Å². The van der Waals surface area contributed by atoms with Crippen LogP contribution in [0.15, 0.2) is 0 Å². The maximum atomic E-state index is 11.7. The fourth-order valence-corrected chi connectivity index (χ4v) is 2.52. The Morgan fingerprint density at radius 3 is 2.40 bits per heavy atom. The number of rotatable bonds is 5. The predicted octanol–water partition coefficient (Wildman–Crippen LogP) is 0.768. The maximum absolute atomic E-state index is 11.7. The molecule has 1 amide bonds. The van der Waals surface area contributed by atoms with E-state index in [1.165, 1.54) is 6.42 Å². The normalized spacial score (nSPS) is 32.9. The van der Waals surface area contributed by atoms with Crippen molar-refractivity contribution in [3.8, 4) is 0 Å². The molecule has 2 saturated carbocycles. The molecule has 0 bridgehead atoms. The monoisotopic (exact) mass is 213 g/mol. The number of carbonyl (C=O) groups excluding carboxylic acids is 1. The van der Waals surface area contributed by atoms with Crippen LogP contribution in [0.25, 0.3) is 0 Å². The summed E-state index contributed by atoms with van der Waals surface area (Å²) in [7, 11) is 3.15. The Balaban J connectivity index is 1.68. The van der Waals surface area contributed by atoms with Gasteiger partial charge < -0.3 is 14.8 Å². The Kier molecular flexibility index (Phi) is 3.26. The van der Waals surface area contributed by atoms with Crippen molar-refractivity contribution in [3.63, 3.8) is 0 Å². The first-order valence-electron chi connectivity index (χ1n) is 5.58. The van der Waals surface area contributed by atoms with Crippen LogP contribution >= 0.6 is 0 Å². The summed E-state index contributed by atoms with van der Waals surface area (Å²) in [4.78, 5) is 11.7. The Morgan fingerprint density at radius 2 is 1.87 bits per heavy atom. The van der Waals surface area contributed by atoms with Gasteiger partial charge in [-0.25, -0.2) is 0 Å². The first-order chi connectivity index (χ1) is 7.24. The Hall–Kier alpha value is -0.610. The van der Waals surface area contributed by atoms with Crippen LogP contribution in [0.1, 0.15) is 19.3 Å². The molecule has 2 aliphatic rings. The van der Waals surface area contributed by atoms with Gasteiger partial charge in [0.2, 0.25) is 5.91 Å². The van der Waals surface area contributed by atoms with Gasteiger partial charge in [0.05, 0.1) is 6.54 Å². The SMILES string of the molecule is COC(CNC(=O)C1CC2CC2C1)OC. The molecule has 2 atom stereocenters. The van der Waals surface area contributed by atoms with E-state index in [-0.39, 0.29) is 18.1 Å². The zero-order chi connectivity index (χ0) is 10.8. The van der Waals surface area contributed by atoms with Crippen molar-refractivity contribution in [1.82, 2.24) is 5.32 Å². The smallest absolute Gasteiger partial charge is 0.223 e. The van der Waals surface area contributed by atoms with E-state index < -0.39 is 0 Å². The molecular formula is C11H19NO3. The van der Waals surface area contributed by atoms with Crippen LogP contribution in [0.2, 0.25) is 0 Å². The topological polar surface area (TPSA) is 47.6 Å². The molecule has 86 valence electrons. The lowest BCUT2D eigenvalue weighted by atomic mass is 10.0. The average Bonchev–Trinajstić information content (AvgIpc) is 2.87.